The lowest BCUT2D eigenvalue weighted by atomic mass is 10.2. The van der Waals surface area contributed by atoms with E-state index in [4.69, 9.17) is 0 Å². The van der Waals surface area contributed by atoms with E-state index in [1.54, 1.807) is 4.68 Å². The minimum atomic E-state index is -2.45. The lowest BCUT2D eigenvalue weighted by Gasteiger charge is -2.04. The van der Waals surface area contributed by atoms with Crippen LogP contribution in [0.2, 0.25) is 0 Å². The zero-order chi connectivity index (χ0) is 11.1. The topological polar surface area (TPSA) is 80.1 Å². The van der Waals surface area contributed by atoms with Crippen LogP contribution in [0.3, 0.4) is 0 Å². The maximum atomic E-state index is 10.1. The van der Waals surface area contributed by atoms with Crippen molar-refractivity contribution in [2.75, 3.05) is 6.61 Å². The van der Waals surface area contributed by atoms with Crippen molar-refractivity contribution >= 4 is 11.4 Å². The molecule has 0 aliphatic rings. The minimum absolute atomic E-state index is 0.0900. The molecule has 15 heavy (non-hydrogen) atoms. The number of hydrogen-bond donors (Lipinski definition) is 0. The Balaban J connectivity index is 2.29. The van der Waals surface area contributed by atoms with Gasteiger partial charge in [-0.05, 0) is 12.8 Å². The number of aryl methyl sites for hydroxylation is 1. The van der Waals surface area contributed by atoms with Crippen molar-refractivity contribution in [3.05, 3.63) is 11.9 Å². The number of unbranched alkanes of at least 4 members (excludes halogenated alkanes) is 1. The lowest BCUT2D eigenvalue weighted by Crippen LogP contribution is -2.07. The molecule has 1 atom stereocenters. The third-order valence-electron chi connectivity index (χ3n) is 1.87. The van der Waals surface area contributed by atoms with Crippen LogP contribution in [0.25, 0.3) is 0 Å². The summed E-state index contributed by atoms with van der Waals surface area (Å²) in [5.41, 5.74) is 0.931. The van der Waals surface area contributed by atoms with Gasteiger partial charge in [-0.15, -0.1) is 5.10 Å². The van der Waals surface area contributed by atoms with E-state index in [0.717, 1.165) is 25.0 Å². The first-order valence-corrected chi connectivity index (χ1v) is 5.84. The van der Waals surface area contributed by atoms with Gasteiger partial charge in [0.15, 0.2) is 0 Å². The Morgan fingerprint density at radius 1 is 1.67 bits per heavy atom. The second-order valence-corrected chi connectivity index (χ2v) is 3.75. The highest BCUT2D eigenvalue weighted by molar-refractivity contribution is 7.74. The summed E-state index contributed by atoms with van der Waals surface area (Å²) in [7, 11) is 0. The highest BCUT2D eigenvalue weighted by atomic mass is 32.2. The molecule has 0 radical (unpaired) electrons. The van der Waals surface area contributed by atoms with Crippen LogP contribution in [-0.2, 0) is 28.5 Å². The molecule has 0 fully saturated rings. The Bertz CT molecular complexity index is 316. The summed E-state index contributed by atoms with van der Waals surface area (Å²) in [5.74, 6) is 0. The van der Waals surface area contributed by atoms with E-state index in [1.807, 2.05) is 6.20 Å². The van der Waals surface area contributed by atoms with Crippen LogP contribution in [0.4, 0.5) is 0 Å². The van der Waals surface area contributed by atoms with Gasteiger partial charge in [0, 0.05) is 6.20 Å². The highest BCUT2D eigenvalue weighted by Crippen LogP contribution is 2.00. The van der Waals surface area contributed by atoms with Crippen LogP contribution in [-0.4, -0.2) is 30.4 Å². The molecular weight excluding hydrogens is 218 g/mol. The summed E-state index contributed by atoms with van der Waals surface area (Å²) in [6, 6.07) is 0. The summed E-state index contributed by atoms with van der Waals surface area (Å²) in [5, 5.41) is 7.81. The molecule has 1 unspecified atom stereocenters. The quantitative estimate of drug-likeness (QED) is 0.637. The predicted octanol–water partition coefficient (Wildman–Crippen LogP) is 0.431. The molecule has 0 spiro atoms. The summed E-state index contributed by atoms with van der Waals surface area (Å²) >= 11 is -2.45. The summed E-state index contributed by atoms with van der Waals surface area (Å²) < 4.78 is 26.1. The van der Waals surface area contributed by atoms with E-state index in [1.165, 1.54) is 0 Å². The van der Waals surface area contributed by atoms with Crippen molar-refractivity contribution in [3.63, 3.8) is 0 Å². The summed E-state index contributed by atoms with van der Waals surface area (Å²) in [6.07, 6.45) is 4.92. The molecule has 1 rings (SSSR count). The molecule has 0 aliphatic heterocycles. The van der Waals surface area contributed by atoms with Gasteiger partial charge in [0.1, 0.15) is 0 Å². The zero-order valence-corrected chi connectivity index (χ0v) is 9.40. The molecule has 0 saturated carbocycles. The van der Waals surface area contributed by atoms with Crippen molar-refractivity contribution < 1.29 is 12.9 Å². The van der Waals surface area contributed by atoms with Crippen LogP contribution in [0.1, 0.15) is 25.5 Å². The van der Waals surface area contributed by atoms with E-state index in [9.17, 15) is 8.76 Å². The van der Waals surface area contributed by atoms with Crippen LogP contribution in [0, 0.1) is 0 Å². The zero-order valence-electron chi connectivity index (χ0n) is 8.59. The van der Waals surface area contributed by atoms with E-state index < -0.39 is 11.4 Å². The predicted molar refractivity (Wildman–Crippen MR) is 53.5 cm³/mol. The fraction of sp³-hybridized carbons (Fsp3) is 0.750. The standard InChI is InChI=1S/C8H15N3O3S/c1-2-3-4-8-7-11(10-9-8)5-6-14-15(12)13/h7H,2-6H2,1H3,(H,12,13)/p-1. The fourth-order valence-corrected chi connectivity index (χ4v) is 1.33. The number of aromatic nitrogens is 3. The number of nitrogens with zero attached hydrogens (tertiary/aromatic N) is 3. The molecule has 0 bridgehead atoms. The average molecular weight is 232 g/mol. The van der Waals surface area contributed by atoms with Gasteiger partial charge in [-0.3, -0.25) is 4.18 Å². The Labute approximate surface area is 91.1 Å². The van der Waals surface area contributed by atoms with Crippen LogP contribution in [0.5, 0.6) is 0 Å². The Morgan fingerprint density at radius 3 is 3.13 bits per heavy atom. The lowest BCUT2D eigenvalue weighted by molar-refractivity contribution is 0.279. The van der Waals surface area contributed by atoms with Crippen molar-refractivity contribution in [2.45, 2.75) is 32.7 Å². The minimum Gasteiger partial charge on any atom is -0.750 e. The molecule has 1 aromatic heterocycles. The van der Waals surface area contributed by atoms with E-state index >= 15 is 0 Å². The van der Waals surface area contributed by atoms with E-state index in [2.05, 4.69) is 21.4 Å². The fourth-order valence-electron chi connectivity index (χ4n) is 1.12. The normalized spacial score (nSPS) is 12.9. The monoisotopic (exact) mass is 232 g/mol. The van der Waals surface area contributed by atoms with Crippen molar-refractivity contribution in [1.82, 2.24) is 15.0 Å². The molecule has 86 valence electrons. The van der Waals surface area contributed by atoms with Crippen molar-refractivity contribution in [1.29, 1.82) is 0 Å². The maximum Gasteiger partial charge on any atom is 0.0842 e. The Morgan fingerprint density at radius 2 is 2.47 bits per heavy atom. The van der Waals surface area contributed by atoms with E-state index in [-0.39, 0.29) is 6.61 Å². The molecule has 0 saturated heterocycles. The Hall–Kier alpha value is -0.790. The first-order valence-electron chi connectivity index (χ1n) is 4.84. The average Bonchev–Trinajstić information content (AvgIpc) is 2.62. The largest absolute Gasteiger partial charge is 0.750 e. The van der Waals surface area contributed by atoms with Gasteiger partial charge in [0.25, 0.3) is 0 Å². The van der Waals surface area contributed by atoms with Gasteiger partial charge in [-0.1, -0.05) is 18.6 Å². The third kappa shape index (κ3) is 5.01. The number of rotatable bonds is 7. The van der Waals surface area contributed by atoms with Gasteiger partial charge < -0.3 is 4.55 Å². The van der Waals surface area contributed by atoms with Gasteiger partial charge in [0.05, 0.1) is 30.2 Å². The second kappa shape index (κ2) is 6.65. The molecule has 0 aliphatic carbocycles. The first kappa shape index (κ1) is 12.3. The van der Waals surface area contributed by atoms with Gasteiger partial charge in [-0.2, -0.15) is 0 Å². The van der Waals surface area contributed by atoms with Gasteiger partial charge >= 0.3 is 0 Å². The SMILES string of the molecule is CCCCc1cn(CCOS(=O)[O-])nn1. The summed E-state index contributed by atoms with van der Waals surface area (Å²) in [4.78, 5) is 0. The molecule has 7 heteroatoms. The maximum absolute atomic E-state index is 10.1. The third-order valence-corrected chi connectivity index (χ3v) is 2.23. The molecular formula is C8H14N3O3S-. The van der Waals surface area contributed by atoms with Crippen molar-refractivity contribution in [3.8, 4) is 0 Å². The summed E-state index contributed by atoms with van der Waals surface area (Å²) in [6.45, 7) is 2.60. The molecule has 0 N–H and O–H groups in total. The van der Waals surface area contributed by atoms with Crippen LogP contribution < -0.4 is 0 Å². The van der Waals surface area contributed by atoms with Crippen LogP contribution in [0.15, 0.2) is 6.20 Å². The van der Waals surface area contributed by atoms with Gasteiger partial charge in [0.2, 0.25) is 0 Å². The Kier molecular flexibility index (Phi) is 5.44. The first-order chi connectivity index (χ1) is 7.22. The smallest absolute Gasteiger partial charge is 0.0842 e. The molecule has 1 aromatic rings. The number of hydrogen-bond acceptors (Lipinski definition) is 5. The van der Waals surface area contributed by atoms with Crippen LogP contribution >= 0.6 is 0 Å². The molecule has 6 nitrogen and oxygen atoms in total. The second-order valence-electron chi connectivity index (χ2n) is 3.10. The van der Waals surface area contributed by atoms with Gasteiger partial charge in [-0.25, -0.2) is 8.89 Å². The highest BCUT2D eigenvalue weighted by Gasteiger charge is 1.99. The molecule has 0 amide bonds. The molecule has 1 heterocycles. The molecule has 0 aromatic carbocycles. The van der Waals surface area contributed by atoms with E-state index in [0.29, 0.717) is 6.54 Å². The van der Waals surface area contributed by atoms with Crippen molar-refractivity contribution in [2.24, 2.45) is 0 Å².